The summed E-state index contributed by atoms with van der Waals surface area (Å²) >= 11 is 0. The van der Waals surface area contributed by atoms with Crippen LogP contribution in [-0.2, 0) is 10.2 Å². The minimum Gasteiger partial charge on any atom is -0.450 e. The van der Waals surface area contributed by atoms with Gasteiger partial charge in [-0.2, -0.15) is 5.26 Å². The standard InChI is InChI=1S/C21H29N3O2/c1-3-26-20(25)23-17-10-13-24(14-17)18-8-11-21(15-22,12-9-18)19-7-5-4-6-16(19)2/h4-7,17-18H,3,8-14H2,1-2H3,(H,23,25). The summed E-state index contributed by atoms with van der Waals surface area (Å²) in [6, 6.07) is 11.6. The van der Waals surface area contributed by atoms with E-state index in [-0.39, 0.29) is 17.6 Å². The van der Waals surface area contributed by atoms with Crippen molar-refractivity contribution in [2.24, 2.45) is 0 Å². The number of ether oxygens (including phenoxy) is 1. The number of aryl methyl sites for hydroxylation is 1. The molecular formula is C21H29N3O2. The number of carbonyl (C=O) groups excluding carboxylic acids is 1. The summed E-state index contributed by atoms with van der Waals surface area (Å²) in [7, 11) is 0. The third kappa shape index (κ3) is 3.86. The maximum Gasteiger partial charge on any atom is 0.407 e. The number of benzene rings is 1. The van der Waals surface area contributed by atoms with Gasteiger partial charge in [0, 0.05) is 25.2 Å². The Morgan fingerprint density at radius 1 is 1.35 bits per heavy atom. The van der Waals surface area contributed by atoms with E-state index in [0.717, 1.165) is 45.2 Å². The highest BCUT2D eigenvalue weighted by Crippen LogP contribution is 2.42. The molecule has 0 radical (unpaired) electrons. The number of alkyl carbamates (subject to hydrolysis) is 1. The first-order valence-corrected chi connectivity index (χ1v) is 9.72. The Bertz CT molecular complexity index is 674. The molecule has 1 atom stereocenters. The zero-order valence-electron chi connectivity index (χ0n) is 15.8. The van der Waals surface area contributed by atoms with Gasteiger partial charge in [0.05, 0.1) is 18.1 Å². The Balaban J connectivity index is 1.58. The van der Waals surface area contributed by atoms with Gasteiger partial charge in [0.15, 0.2) is 0 Å². The molecule has 0 spiro atoms. The van der Waals surface area contributed by atoms with Crippen LogP contribution in [0.2, 0.25) is 0 Å². The van der Waals surface area contributed by atoms with Gasteiger partial charge in [-0.05, 0) is 57.1 Å². The number of hydrogen-bond donors (Lipinski definition) is 1. The number of nitrogens with one attached hydrogen (secondary N) is 1. The molecule has 5 nitrogen and oxygen atoms in total. The van der Waals surface area contributed by atoms with Crippen LogP contribution in [0.25, 0.3) is 0 Å². The molecular weight excluding hydrogens is 326 g/mol. The first kappa shape index (κ1) is 18.7. The molecule has 1 N–H and O–H groups in total. The molecule has 0 bridgehead atoms. The van der Waals surface area contributed by atoms with Crippen molar-refractivity contribution in [3.63, 3.8) is 0 Å². The molecule has 1 aromatic carbocycles. The van der Waals surface area contributed by atoms with E-state index in [9.17, 15) is 10.1 Å². The van der Waals surface area contributed by atoms with E-state index < -0.39 is 0 Å². The molecule has 26 heavy (non-hydrogen) atoms. The van der Waals surface area contributed by atoms with Crippen molar-refractivity contribution in [1.29, 1.82) is 5.26 Å². The van der Waals surface area contributed by atoms with Crippen molar-refractivity contribution in [3.8, 4) is 6.07 Å². The zero-order valence-corrected chi connectivity index (χ0v) is 15.8. The van der Waals surface area contributed by atoms with Crippen LogP contribution >= 0.6 is 0 Å². The Hall–Kier alpha value is -2.06. The molecule has 2 fully saturated rings. The molecule has 1 aliphatic carbocycles. The fraction of sp³-hybridized carbons (Fsp3) is 0.619. The SMILES string of the molecule is CCOC(=O)NC1CCN(C2CCC(C#N)(c3ccccc3C)CC2)C1. The Kier molecular flexibility index (Phi) is 5.83. The van der Waals surface area contributed by atoms with E-state index in [4.69, 9.17) is 4.74 Å². The molecule has 140 valence electrons. The fourth-order valence-electron chi connectivity index (χ4n) is 4.59. The first-order chi connectivity index (χ1) is 12.6. The van der Waals surface area contributed by atoms with Crippen LogP contribution in [0.1, 0.15) is 50.2 Å². The maximum absolute atomic E-state index is 11.6. The van der Waals surface area contributed by atoms with Gasteiger partial charge in [0.25, 0.3) is 0 Å². The van der Waals surface area contributed by atoms with Crippen LogP contribution in [0.4, 0.5) is 4.79 Å². The van der Waals surface area contributed by atoms with Crippen LogP contribution in [0.15, 0.2) is 24.3 Å². The van der Waals surface area contributed by atoms with E-state index in [0.29, 0.717) is 12.6 Å². The lowest BCUT2D eigenvalue weighted by molar-refractivity contribution is 0.143. The minimum absolute atomic E-state index is 0.174. The third-order valence-corrected chi connectivity index (χ3v) is 6.02. The smallest absolute Gasteiger partial charge is 0.407 e. The molecule has 0 aromatic heterocycles. The molecule has 1 amide bonds. The summed E-state index contributed by atoms with van der Waals surface area (Å²) in [5.74, 6) is 0. The Labute approximate surface area is 156 Å². The number of hydrogen-bond acceptors (Lipinski definition) is 4. The summed E-state index contributed by atoms with van der Waals surface area (Å²) in [6.45, 7) is 6.21. The molecule has 5 heteroatoms. The lowest BCUT2D eigenvalue weighted by Crippen LogP contribution is -2.43. The van der Waals surface area contributed by atoms with E-state index in [1.807, 2.05) is 19.1 Å². The topological polar surface area (TPSA) is 65.4 Å². The number of amides is 1. The van der Waals surface area contributed by atoms with Crippen molar-refractivity contribution in [3.05, 3.63) is 35.4 Å². The van der Waals surface area contributed by atoms with Gasteiger partial charge >= 0.3 is 6.09 Å². The molecule has 1 aliphatic heterocycles. The van der Waals surface area contributed by atoms with Gasteiger partial charge in [-0.1, -0.05) is 24.3 Å². The van der Waals surface area contributed by atoms with Gasteiger partial charge in [-0.25, -0.2) is 4.79 Å². The number of nitrogens with zero attached hydrogens (tertiary/aromatic N) is 2. The van der Waals surface area contributed by atoms with E-state index in [1.165, 1.54) is 11.1 Å². The highest BCUT2D eigenvalue weighted by atomic mass is 16.5. The van der Waals surface area contributed by atoms with Crippen molar-refractivity contribution < 1.29 is 9.53 Å². The fourth-order valence-corrected chi connectivity index (χ4v) is 4.59. The van der Waals surface area contributed by atoms with Gasteiger partial charge in [0.1, 0.15) is 0 Å². The Morgan fingerprint density at radius 2 is 2.08 bits per heavy atom. The summed E-state index contributed by atoms with van der Waals surface area (Å²) in [5, 5.41) is 12.9. The molecule has 1 saturated heterocycles. The largest absolute Gasteiger partial charge is 0.450 e. The second-order valence-corrected chi connectivity index (χ2v) is 7.59. The van der Waals surface area contributed by atoms with Crippen molar-refractivity contribution in [1.82, 2.24) is 10.2 Å². The highest BCUT2D eigenvalue weighted by molar-refractivity contribution is 5.67. The Morgan fingerprint density at radius 3 is 2.73 bits per heavy atom. The summed E-state index contributed by atoms with van der Waals surface area (Å²) < 4.78 is 4.98. The molecule has 3 rings (SSSR count). The number of carbonyl (C=O) groups is 1. The first-order valence-electron chi connectivity index (χ1n) is 9.72. The van der Waals surface area contributed by atoms with E-state index >= 15 is 0 Å². The number of likely N-dealkylation sites (tertiary alicyclic amines) is 1. The molecule has 1 unspecified atom stereocenters. The van der Waals surface area contributed by atoms with Crippen molar-refractivity contribution in [2.45, 2.75) is 63.5 Å². The molecule has 2 aliphatic rings. The van der Waals surface area contributed by atoms with Crippen LogP contribution in [0, 0.1) is 18.3 Å². The van der Waals surface area contributed by atoms with E-state index in [2.05, 4.69) is 35.3 Å². The van der Waals surface area contributed by atoms with Crippen LogP contribution in [0.3, 0.4) is 0 Å². The maximum atomic E-state index is 11.6. The average Bonchev–Trinajstić information content (AvgIpc) is 3.11. The van der Waals surface area contributed by atoms with Gasteiger partial charge in [-0.15, -0.1) is 0 Å². The molecule has 1 heterocycles. The van der Waals surface area contributed by atoms with Crippen LogP contribution in [0.5, 0.6) is 0 Å². The lowest BCUT2D eigenvalue weighted by Gasteiger charge is -2.39. The van der Waals surface area contributed by atoms with Crippen molar-refractivity contribution in [2.75, 3.05) is 19.7 Å². The average molecular weight is 355 g/mol. The van der Waals surface area contributed by atoms with Gasteiger partial charge < -0.3 is 10.1 Å². The second-order valence-electron chi connectivity index (χ2n) is 7.59. The predicted octanol–water partition coefficient (Wildman–Crippen LogP) is 3.52. The quantitative estimate of drug-likeness (QED) is 0.897. The van der Waals surface area contributed by atoms with E-state index in [1.54, 1.807) is 0 Å². The molecule has 1 saturated carbocycles. The van der Waals surface area contributed by atoms with Crippen LogP contribution in [-0.4, -0.2) is 42.8 Å². The van der Waals surface area contributed by atoms with Crippen LogP contribution < -0.4 is 5.32 Å². The number of rotatable bonds is 4. The zero-order chi connectivity index (χ0) is 18.6. The minimum atomic E-state index is -0.343. The highest BCUT2D eigenvalue weighted by Gasteiger charge is 2.40. The van der Waals surface area contributed by atoms with Gasteiger partial charge in [-0.3, -0.25) is 4.90 Å². The lowest BCUT2D eigenvalue weighted by atomic mass is 9.68. The normalized spacial score (nSPS) is 29.1. The number of nitriles is 1. The monoisotopic (exact) mass is 355 g/mol. The van der Waals surface area contributed by atoms with Crippen molar-refractivity contribution >= 4 is 6.09 Å². The second kappa shape index (κ2) is 8.09. The predicted molar refractivity (Wildman–Crippen MR) is 101 cm³/mol. The molecule has 1 aromatic rings. The summed E-state index contributed by atoms with van der Waals surface area (Å²) in [6.07, 6.45) is 4.54. The summed E-state index contributed by atoms with van der Waals surface area (Å²) in [5.41, 5.74) is 2.07. The summed E-state index contributed by atoms with van der Waals surface area (Å²) in [4.78, 5) is 14.1. The third-order valence-electron chi connectivity index (χ3n) is 6.02. The van der Waals surface area contributed by atoms with Gasteiger partial charge in [0.2, 0.25) is 0 Å².